The van der Waals surface area contributed by atoms with Crippen LogP contribution in [-0.2, 0) is 11.3 Å². The zero-order valence-electron chi connectivity index (χ0n) is 12.9. The Morgan fingerprint density at radius 3 is 2.71 bits per heavy atom. The topological polar surface area (TPSA) is 64.3 Å². The normalized spacial score (nSPS) is 10.1. The first-order valence-corrected chi connectivity index (χ1v) is 7.31. The molecule has 0 spiro atoms. The standard InChI is InChI=1S/C16H26N2O2.ClH/c1-13(2)9-11-20-15-7-4-3-6-14(15)12-18-16(19)8-5-10-17;/h3-4,6-7,13H,5,8-12,17H2,1-2H3,(H,18,19);1H. The minimum absolute atomic E-state index is 0. The highest BCUT2D eigenvalue weighted by molar-refractivity contribution is 5.85. The molecule has 0 radical (unpaired) electrons. The zero-order chi connectivity index (χ0) is 14.8. The monoisotopic (exact) mass is 314 g/mol. The van der Waals surface area contributed by atoms with E-state index in [1.165, 1.54) is 0 Å². The predicted octanol–water partition coefficient (Wildman–Crippen LogP) is 2.89. The van der Waals surface area contributed by atoms with Gasteiger partial charge in [0.15, 0.2) is 0 Å². The first kappa shape index (κ1) is 19.7. The molecule has 1 aromatic rings. The molecule has 1 rings (SSSR count). The van der Waals surface area contributed by atoms with E-state index >= 15 is 0 Å². The summed E-state index contributed by atoms with van der Waals surface area (Å²) in [6, 6.07) is 7.83. The van der Waals surface area contributed by atoms with Crippen molar-refractivity contribution in [2.24, 2.45) is 11.7 Å². The van der Waals surface area contributed by atoms with Crippen LogP contribution in [0.3, 0.4) is 0 Å². The molecule has 4 nitrogen and oxygen atoms in total. The molecule has 0 bridgehead atoms. The van der Waals surface area contributed by atoms with Crippen LogP contribution in [0.4, 0.5) is 0 Å². The maximum absolute atomic E-state index is 11.6. The van der Waals surface area contributed by atoms with Gasteiger partial charge in [0.25, 0.3) is 0 Å². The highest BCUT2D eigenvalue weighted by Crippen LogP contribution is 2.18. The fraction of sp³-hybridized carbons (Fsp3) is 0.562. The van der Waals surface area contributed by atoms with E-state index in [2.05, 4.69) is 19.2 Å². The van der Waals surface area contributed by atoms with E-state index in [1.807, 2.05) is 24.3 Å². The summed E-state index contributed by atoms with van der Waals surface area (Å²) < 4.78 is 5.79. The van der Waals surface area contributed by atoms with E-state index in [0.29, 0.717) is 32.0 Å². The molecule has 0 saturated carbocycles. The van der Waals surface area contributed by atoms with Gasteiger partial charge < -0.3 is 15.8 Å². The number of halogens is 1. The lowest BCUT2D eigenvalue weighted by Crippen LogP contribution is -2.23. The van der Waals surface area contributed by atoms with Crippen molar-refractivity contribution < 1.29 is 9.53 Å². The number of nitrogens with two attached hydrogens (primary N) is 1. The lowest BCUT2D eigenvalue weighted by atomic mass is 10.1. The summed E-state index contributed by atoms with van der Waals surface area (Å²) >= 11 is 0. The molecule has 0 aliphatic heterocycles. The Morgan fingerprint density at radius 2 is 2.05 bits per heavy atom. The highest BCUT2D eigenvalue weighted by atomic mass is 35.5. The number of ether oxygens (including phenoxy) is 1. The van der Waals surface area contributed by atoms with Gasteiger partial charge in [0.05, 0.1) is 6.61 Å². The number of amides is 1. The van der Waals surface area contributed by atoms with Gasteiger partial charge >= 0.3 is 0 Å². The number of benzene rings is 1. The Balaban J connectivity index is 0.00000400. The van der Waals surface area contributed by atoms with Crippen LogP contribution in [0.2, 0.25) is 0 Å². The first-order valence-electron chi connectivity index (χ1n) is 7.31. The molecule has 0 heterocycles. The smallest absolute Gasteiger partial charge is 0.220 e. The minimum Gasteiger partial charge on any atom is -0.493 e. The summed E-state index contributed by atoms with van der Waals surface area (Å²) in [5, 5.41) is 2.90. The van der Waals surface area contributed by atoms with Crippen molar-refractivity contribution in [3.63, 3.8) is 0 Å². The lowest BCUT2D eigenvalue weighted by Gasteiger charge is -2.13. The average Bonchev–Trinajstić information content (AvgIpc) is 2.43. The summed E-state index contributed by atoms with van der Waals surface area (Å²) in [4.78, 5) is 11.6. The fourth-order valence-electron chi connectivity index (χ4n) is 1.74. The van der Waals surface area contributed by atoms with Crippen molar-refractivity contribution in [2.75, 3.05) is 13.2 Å². The van der Waals surface area contributed by atoms with Crippen LogP contribution in [-0.4, -0.2) is 19.1 Å². The molecule has 1 aromatic carbocycles. The summed E-state index contributed by atoms with van der Waals surface area (Å²) in [5.74, 6) is 1.51. The summed E-state index contributed by atoms with van der Waals surface area (Å²) in [5.41, 5.74) is 6.40. The van der Waals surface area contributed by atoms with E-state index in [-0.39, 0.29) is 18.3 Å². The molecule has 0 aliphatic rings. The number of rotatable bonds is 9. The van der Waals surface area contributed by atoms with Crippen molar-refractivity contribution in [3.8, 4) is 5.75 Å². The third-order valence-electron chi connectivity index (χ3n) is 3.01. The maximum atomic E-state index is 11.6. The summed E-state index contributed by atoms with van der Waals surface area (Å²) in [7, 11) is 0. The molecule has 0 saturated heterocycles. The summed E-state index contributed by atoms with van der Waals surface area (Å²) in [6.07, 6.45) is 2.22. The Hall–Kier alpha value is -1.26. The Bertz CT molecular complexity index is 411. The molecule has 0 aromatic heterocycles. The number of para-hydroxylation sites is 1. The van der Waals surface area contributed by atoms with Crippen LogP contribution in [0, 0.1) is 5.92 Å². The Labute approximate surface area is 133 Å². The van der Waals surface area contributed by atoms with E-state index < -0.39 is 0 Å². The van der Waals surface area contributed by atoms with Gasteiger partial charge in [-0.05, 0) is 31.4 Å². The largest absolute Gasteiger partial charge is 0.493 e. The van der Waals surface area contributed by atoms with E-state index in [1.54, 1.807) is 0 Å². The van der Waals surface area contributed by atoms with Gasteiger partial charge in [-0.25, -0.2) is 0 Å². The number of carbonyl (C=O) groups excluding carboxylic acids is 1. The number of carbonyl (C=O) groups is 1. The number of nitrogens with one attached hydrogen (secondary N) is 1. The molecule has 0 aliphatic carbocycles. The molecule has 3 N–H and O–H groups in total. The summed E-state index contributed by atoms with van der Waals surface area (Å²) in [6.45, 7) is 6.10. The van der Waals surface area contributed by atoms with Crippen molar-refractivity contribution >= 4 is 18.3 Å². The first-order chi connectivity index (χ1) is 9.63. The molecule has 21 heavy (non-hydrogen) atoms. The molecule has 0 fully saturated rings. The van der Waals surface area contributed by atoms with Gasteiger partial charge in [-0.3, -0.25) is 4.79 Å². The van der Waals surface area contributed by atoms with Crippen LogP contribution < -0.4 is 15.8 Å². The van der Waals surface area contributed by atoms with E-state index in [0.717, 1.165) is 24.2 Å². The second-order valence-electron chi connectivity index (χ2n) is 5.31. The third kappa shape index (κ3) is 8.58. The number of hydrogen-bond acceptors (Lipinski definition) is 3. The predicted molar refractivity (Wildman–Crippen MR) is 88.8 cm³/mol. The molecular weight excluding hydrogens is 288 g/mol. The number of hydrogen-bond donors (Lipinski definition) is 2. The molecule has 120 valence electrons. The van der Waals surface area contributed by atoms with Crippen molar-refractivity contribution in [3.05, 3.63) is 29.8 Å². The van der Waals surface area contributed by atoms with Gasteiger partial charge in [-0.2, -0.15) is 0 Å². The molecule has 0 atom stereocenters. The van der Waals surface area contributed by atoms with Crippen LogP contribution in [0.25, 0.3) is 0 Å². The third-order valence-corrected chi connectivity index (χ3v) is 3.01. The van der Waals surface area contributed by atoms with Crippen molar-refractivity contribution in [2.45, 2.75) is 39.7 Å². The van der Waals surface area contributed by atoms with Crippen LogP contribution in [0.1, 0.15) is 38.7 Å². The SMILES string of the molecule is CC(C)CCOc1ccccc1CNC(=O)CCCN.Cl. The Morgan fingerprint density at radius 1 is 1.33 bits per heavy atom. The van der Waals surface area contributed by atoms with Crippen molar-refractivity contribution in [1.29, 1.82) is 0 Å². The average molecular weight is 315 g/mol. The fourth-order valence-corrected chi connectivity index (χ4v) is 1.74. The second-order valence-corrected chi connectivity index (χ2v) is 5.31. The van der Waals surface area contributed by atoms with Gasteiger partial charge in [-0.1, -0.05) is 32.0 Å². The highest BCUT2D eigenvalue weighted by Gasteiger charge is 2.06. The van der Waals surface area contributed by atoms with Crippen LogP contribution in [0.15, 0.2) is 24.3 Å². The molecule has 0 unspecified atom stereocenters. The van der Waals surface area contributed by atoms with E-state index in [4.69, 9.17) is 10.5 Å². The second kappa shape index (κ2) is 11.4. The lowest BCUT2D eigenvalue weighted by molar-refractivity contribution is -0.121. The zero-order valence-corrected chi connectivity index (χ0v) is 13.7. The van der Waals surface area contributed by atoms with Crippen LogP contribution in [0.5, 0.6) is 5.75 Å². The van der Waals surface area contributed by atoms with Gasteiger partial charge in [0.2, 0.25) is 5.91 Å². The van der Waals surface area contributed by atoms with Crippen LogP contribution >= 0.6 is 12.4 Å². The van der Waals surface area contributed by atoms with Crippen molar-refractivity contribution in [1.82, 2.24) is 5.32 Å². The van der Waals surface area contributed by atoms with Gasteiger partial charge in [0.1, 0.15) is 5.75 Å². The Kier molecular flexibility index (Phi) is 10.7. The molecular formula is C16H27ClN2O2. The maximum Gasteiger partial charge on any atom is 0.220 e. The minimum atomic E-state index is 0. The van der Waals surface area contributed by atoms with Gasteiger partial charge in [0, 0.05) is 18.5 Å². The van der Waals surface area contributed by atoms with Gasteiger partial charge in [-0.15, -0.1) is 12.4 Å². The molecule has 5 heteroatoms. The quantitative estimate of drug-likeness (QED) is 0.736. The van der Waals surface area contributed by atoms with E-state index in [9.17, 15) is 4.79 Å². The molecule has 1 amide bonds.